The minimum absolute atomic E-state index is 0.199. The van der Waals surface area contributed by atoms with E-state index in [0.717, 1.165) is 15.6 Å². The molecule has 2 aromatic rings. The Labute approximate surface area is 152 Å². The zero-order valence-electron chi connectivity index (χ0n) is 11.8. The summed E-state index contributed by atoms with van der Waals surface area (Å²) in [7, 11) is 0. The van der Waals surface area contributed by atoms with Crippen molar-refractivity contribution in [3.05, 3.63) is 75.1 Å². The molecule has 0 N–H and O–H groups in total. The summed E-state index contributed by atoms with van der Waals surface area (Å²) >= 11 is 9.92. The highest BCUT2D eigenvalue weighted by atomic mass is 79.9. The highest BCUT2D eigenvalue weighted by molar-refractivity contribution is 9.10. The van der Waals surface area contributed by atoms with E-state index in [1.54, 1.807) is 6.21 Å². The average molecular weight is 403 g/mol. The summed E-state index contributed by atoms with van der Waals surface area (Å²) in [6.07, 6.45) is 3.45. The van der Waals surface area contributed by atoms with Gasteiger partial charge < -0.3 is 0 Å². The van der Waals surface area contributed by atoms with Gasteiger partial charge in [-0.2, -0.15) is 10.1 Å². The van der Waals surface area contributed by atoms with E-state index in [0.29, 0.717) is 9.23 Å². The normalized spacial score (nSPS) is 16.7. The number of nitrogens with zero attached hydrogens (tertiary/aromatic N) is 2. The van der Waals surface area contributed by atoms with Crippen molar-refractivity contribution in [2.75, 3.05) is 0 Å². The van der Waals surface area contributed by atoms with Crippen LogP contribution in [0, 0.1) is 0 Å². The lowest BCUT2D eigenvalue weighted by Gasteiger charge is -2.06. The molecule has 1 heterocycles. The van der Waals surface area contributed by atoms with Crippen LogP contribution in [0.25, 0.3) is 6.08 Å². The number of carbonyl (C=O) groups is 1. The molecule has 0 atom stereocenters. The van der Waals surface area contributed by atoms with Crippen LogP contribution < -0.4 is 0 Å². The van der Waals surface area contributed by atoms with Gasteiger partial charge in [0.2, 0.25) is 0 Å². The van der Waals surface area contributed by atoms with Crippen molar-refractivity contribution in [2.24, 2.45) is 5.10 Å². The Bertz CT molecular complexity index is 818. The van der Waals surface area contributed by atoms with Crippen LogP contribution in [-0.2, 0) is 4.79 Å². The molecule has 23 heavy (non-hydrogen) atoms. The summed E-state index contributed by atoms with van der Waals surface area (Å²) in [5, 5.41) is 5.48. The van der Waals surface area contributed by atoms with Gasteiger partial charge in [0.25, 0.3) is 5.91 Å². The van der Waals surface area contributed by atoms with E-state index in [1.807, 2.05) is 60.7 Å². The molecule has 2 aromatic carbocycles. The molecule has 0 spiro atoms. The number of hydrazone groups is 1. The Hall–Kier alpha value is -1.76. The van der Waals surface area contributed by atoms with Gasteiger partial charge in [-0.05, 0) is 41.6 Å². The zero-order chi connectivity index (χ0) is 16.2. The van der Waals surface area contributed by atoms with E-state index in [1.165, 1.54) is 16.8 Å². The smallest absolute Gasteiger partial charge is 0.266 e. The van der Waals surface area contributed by atoms with E-state index in [9.17, 15) is 4.79 Å². The van der Waals surface area contributed by atoms with Crippen LogP contribution in [0.2, 0.25) is 0 Å². The number of rotatable bonds is 3. The van der Waals surface area contributed by atoms with Gasteiger partial charge in [-0.3, -0.25) is 4.79 Å². The second-order valence-corrected chi connectivity index (χ2v) is 7.30. The third-order valence-corrected chi connectivity index (χ3v) is 4.82. The van der Waals surface area contributed by atoms with Crippen LogP contribution in [0.15, 0.2) is 69.1 Å². The minimum Gasteiger partial charge on any atom is -0.266 e. The molecule has 0 saturated carbocycles. The lowest BCUT2D eigenvalue weighted by atomic mass is 10.2. The number of thioether (sulfide) groups is 1. The highest BCUT2D eigenvalue weighted by Crippen LogP contribution is 2.32. The first kappa shape index (κ1) is 16.1. The second kappa shape index (κ2) is 7.21. The highest BCUT2D eigenvalue weighted by Gasteiger charge is 2.31. The minimum atomic E-state index is -0.199. The van der Waals surface area contributed by atoms with Crippen LogP contribution >= 0.6 is 39.9 Å². The van der Waals surface area contributed by atoms with Crippen molar-refractivity contribution in [2.45, 2.75) is 0 Å². The predicted molar refractivity (Wildman–Crippen MR) is 103 cm³/mol. The van der Waals surface area contributed by atoms with Gasteiger partial charge in [0.05, 0.1) is 11.1 Å². The fourth-order valence-electron chi connectivity index (χ4n) is 1.97. The molecule has 0 unspecified atom stereocenters. The largest absolute Gasteiger partial charge is 0.286 e. The van der Waals surface area contributed by atoms with Gasteiger partial charge in [0.15, 0.2) is 4.32 Å². The fourth-order valence-corrected chi connectivity index (χ4v) is 3.56. The maximum Gasteiger partial charge on any atom is 0.286 e. The molecule has 0 radical (unpaired) electrons. The zero-order valence-corrected chi connectivity index (χ0v) is 15.1. The summed E-state index contributed by atoms with van der Waals surface area (Å²) in [6, 6.07) is 17.3. The molecular formula is C17H11BrN2OS2. The summed E-state index contributed by atoms with van der Waals surface area (Å²) in [5.74, 6) is -0.199. The van der Waals surface area contributed by atoms with Gasteiger partial charge in [-0.1, -0.05) is 70.2 Å². The Morgan fingerprint density at radius 3 is 2.57 bits per heavy atom. The number of hydrogen-bond acceptors (Lipinski definition) is 4. The number of carbonyl (C=O) groups excluding carboxylic acids is 1. The van der Waals surface area contributed by atoms with Crippen molar-refractivity contribution in [1.29, 1.82) is 0 Å². The molecule has 1 fully saturated rings. The van der Waals surface area contributed by atoms with Crippen LogP contribution in [0.3, 0.4) is 0 Å². The van der Waals surface area contributed by atoms with Gasteiger partial charge >= 0.3 is 0 Å². The molecule has 0 aromatic heterocycles. The number of benzene rings is 2. The third kappa shape index (κ3) is 3.96. The third-order valence-electron chi connectivity index (χ3n) is 3.04. The van der Waals surface area contributed by atoms with Crippen molar-refractivity contribution in [3.63, 3.8) is 0 Å². The van der Waals surface area contributed by atoms with Crippen molar-refractivity contribution in [1.82, 2.24) is 5.01 Å². The molecule has 1 saturated heterocycles. The molecular weight excluding hydrogens is 392 g/mol. The maximum absolute atomic E-state index is 12.4. The molecule has 0 aliphatic carbocycles. The first-order chi connectivity index (χ1) is 11.1. The van der Waals surface area contributed by atoms with E-state index in [4.69, 9.17) is 12.2 Å². The van der Waals surface area contributed by atoms with Gasteiger partial charge in [-0.25, -0.2) is 0 Å². The van der Waals surface area contributed by atoms with E-state index in [2.05, 4.69) is 21.0 Å². The second-order valence-electron chi connectivity index (χ2n) is 4.70. The van der Waals surface area contributed by atoms with Crippen LogP contribution in [-0.4, -0.2) is 21.5 Å². The Balaban J connectivity index is 1.80. The summed E-state index contributed by atoms with van der Waals surface area (Å²) in [6.45, 7) is 0. The van der Waals surface area contributed by atoms with Crippen molar-refractivity contribution >= 4 is 62.4 Å². The topological polar surface area (TPSA) is 32.7 Å². The standard InChI is InChI=1S/C17H11BrN2OS2/c18-14-8-4-7-13(9-14)11-19-20-16(21)15(23-17(20)22)10-12-5-2-1-3-6-12/h1-11H. The van der Waals surface area contributed by atoms with E-state index in [-0.39, 0.29) is 5.91 Å². The molecule has 1 amide bonds. The molecule has 6 heteroatoms. The quantitative estimate of drug-likeness (QED) is 0.424. The maximum atomic E-state index is 12.4. The lowest BCUT2D eigenvalue weighted by Crippen LogP contribution is -2.22. The van der Waals surface area contributed by atoms with E-state index < -0.39 is 0 Å². The average Bonchev–Trinajstić information content (AvgIpc) is 2.80. The van der Waals surface area contributed by atoms with Gasteiger partial charge in [0.1, 0.15) is 0 Å². The molecule has 1 aliphatic rings. The number of hydrogen-bond donors (Lipinski definition) is 0. The Morgan fingerprint density at radius 2 is 1.83 bits per heavy atom. The fraction of sp³-hybridized carbons (Fsp3) is 0. The molecule has 0 bridgehead atoms. The first-order valence-corrected chi connectivity index (χ1v) is 8.78. The lowest BCUT2D eigenvalue weighted by molar-refractivity contribution is -0.122. The van der Waals surface area contributed by atoms with Crippen molar-refractivity contribution < 1.29 is 4.79 Å². The first-order valence-electron chi connectivity index (χ1n) is 6.76. The summed E-state index contributed by atoms with van der Waals surface area (Å²) in [4.78, 5) is 13.0. The number of halogens is 1. The Kier molecular flexibility index (Phi) is 5.05. The molecule has 3 nitrogen and oxygen atoms in total. The van der Waals surface area contributed by atoms with Gasteiger partial charge in [-0.15, -0.1) is 0 Å². The van der Waals surface area contributed by atoms with Crippen LogP contribution in [0.5, 0.6) is 0 Å². The SMILES string of the molecule is O=C1C(=Cc2ccccc2)SC(=S)N1N=Cc1cccc(Br)c1. The van der Waals surface area contributed by atoms with Crippen LogP contribution in [0.4, 0.5) is 0 Å². The molecule has 1 aliphatic heterocycles. The summed E-state index contributed by atoms with van der Waals surface area (Å²) in [5.41, 5.74) is 1.85. The number of thiocarbonyl (C=S) groups is 1. The molecule has 114 valence electrons. The Morgan fingerprint density at radius 1 is 1.09 bits per heavy atom. The van der Waals surface area contributed by atoms with Crippen LogP contribution in [0.1, 0.15) is 11.1 Å². The number of amides is 1. The predicted octanol–water partition coefficient (Wildman–Crippen LogP) is 4.68. The van der Waals surface area contributed by atoms with Gasteiger partial charge in [0, 0.05) is 4.47 Å². The monoisotopic (exact) mass is 402 g/mol. The summed E-state index contributed by atoms with van der Waals surface area (Å²) < 4.78 is 1.39. The van der Waals surface area contributed by atoms with Crippen molar-refractivity contribution in [3.8, 4) is 0 Å². The van der Waals surface area contributed by atoms with E-state index >= 15 is 0 Å². The molecule has 3 rings (SSSR count).